The van der Waals surface area contributed by atoms with Crippen LogP contribution in [0.3, 0.4) is 0 Å². The van der Waals surface area contributed by atoms with Crippen molar-refractivity contribution < 1.29 is 9.00 Å². The number of carbonyl (C=O) groups is 1. The molecule has 1 saturated heterocycles. The van der Waals surface area contributed by atoms with Crippen LogP contribution in [0.4, 0.5) is 0 Å². The van der Waals surface area contributed by atoms with E-state index < -0.39 is 16.3 Å². The maximum atomic E-state index is 11.6. The average Bonchev–Trinajstić information content (AvgIpc) is 2.29. The lowest BCUT2D eigenvalue weighted by molar-refractivity contribution is -0.124. The van der Waals surface area contributed by atoms with Crippen LogP contribution < -0.4 is 11.1 Å². The lowest BCUT2D eigenvalue weighted by Crippen LogP contribution is -2.57. The molecule has 1 fully saturated rings. The van der Waals surface area contributed by atoms with E-state index in [0.29, 0.717) is 6.42 Å². The van der Waals surface area contributed by atoms with Crippen molar-refractivity contribution in [2.75, 3.05) is 31.1 Å². The molecular weight excluding hydrogens is 250 g/mol. The van der Waals surface area contributed by atoms with Gasteiger partial charge in [-0.3, -0.25) is 13.9 Å². The summed E-state index contributed by atoms with van der Waals surface area (Å²) < 4.78 is 11.3. The van der Waals surface area contributed by atoms with Crippen molar-refractivity contribution in [1.29, 1.82) is 0 Å². The van der Waals surface area contributed by atoms with E-state index in [0.717, 1.165) is 31.1 Å². The number of hydrogen-bond donors (Lipinski definition) is 2. The molecule has 5 nitrogen and oxygen atoms in total. The topological polar surface area (TPSA) is 75.4 Å². The number of hydrogen-bond acceptors (Lipinski definition) is 4. The summed E-state index contributed by atoms with van der Waals surface area (Å²) in [6, 6.07) is 0.263. The Balaban J connectivity index is 2.58. The average molecular weight is 275 g/mol. The van der Waals surface area contributed by atoms with Gasteiger partial charge in [0.2, 0.25) is 5.91 Å². The van der Waals surface area contributed by atoms with Gasteiger partial charge < -0.3 is 11.1 Å². The second-order valence-corrected chi connectivity index (χ2v) is 6.86. The van der Waals surface area contributed by atoms with Crippen LogP contribution >= 0.6 is 0 Å². The predicted molar refractivity (Wildman–Crippen MR) is 74.8 cm³/mol. The van der Waals surface area contributed by atoms with Crippen molar-refractivity contribution in [2.24, 2.45) is 5.73 Å². The standard InChI is InChI=1S/C12H25N3O2S/c1-4-14-12(3,11(13)16)9-10(2)15-5-7-18(17)8-6-15/h10,14H,4-9H2,1-3H3,(H2,13,16). The van der Waals surface area contributed by atoms with Crippen molar-refractivity contribution in [3.63, 3.8) is 0 Å². The molecule has 0 aromatic heterocycles. The van der Waals surface area contributed by atoms with E-state index in [1.807, 2.05) is 13.8 Å². The van der Waals surface area contributed by atoms with E-state index in [9.17, 15) is 9.00 Å². The summed E-state index contributed by atoms with van der Waals surface area (Å²) in [4.78, 5) is 13.9. The van der Waals surface area contributed by atoms with Crippen molar-refractivity contribution in [3.05, 3.63) is 0 Å². The summed E-state index contributed by atoms with van der Waals surface area (Å²) in [5.41, 5.74) is 4.83. The van der Waals surface area contributed by atoms with E-state index >= 15 is 0 Å². The van der Waals surface area contributed by atoms with E-state index in [2.05, 4.69) is 17.1 Å². The van der Waals surface area contributed by atoms with Crippen molar-refractivity contribution in [3.8, 4) is 0 Å². The van der Waals surface area contributed by atoms with Gasteiger partial charge in [-0.2, -0.15) is 0 Å². The predicted octanol–water partition coefficient (Wildman–Crippen LogP) is -0.317. The summed E-state index contributed by atoms with van der Waals surface area (Å²) in [5.74, 6) is 1.16. The summed E-state index contributed by atoms with van der Waals surface area (Å²) in [6.45, 7) is 8.33. The fourth-order valence-electron chi connectivity index (χ4n) is 2.46. The Bertz CT molecular complexity index is 314. The highest BCUT2D eigenvalue weighted by Gasteiger charge is 2.34. The summed E-state index contributed by atoms with van der Waals surface area (Å²) in [5, 5.41) is 3.18. The minimum atomic E-state index is -0.662. The van der Waals surface area contributed by atoms with Crippen LogP contribution in [0.5, 0.6) is 0 Å². The van der Waals surface area contributed by atoms with Gasteiger partial charge >= 0.3 is 0 Å². The Morgan fingerprint density at radius 3 is 2.50 bits per heavy atom. The molecule has 2 atom stereocenters. The molecule has 3 N–H and O–H groups in total. The zero-order chi connectivity index (χ0) is 13.8. The van der Waals surface area contributed by atoms with Crippen LogP contribution in [0.25, 0.3) is 0 Å². The van der Waals surface area contributed by atoms with Gasteiger partial charge in [-0.1, -0.05) is 6.92 Å². The Morgan fingerprint density at radius 2 is 2.06 bits per heavy atom. The Labute approximate surface area is 112 Å². The number of nitrogens with one attached hydrogen (secondary N) is 1. The minimum Gasteiger partial charge on any atom is -0.368 e. The van der Waals surface area contributed by atoms with Gasteiger partial charge in [0.05, 0.1) is 5.54 Å². The van der Waals surface area contributed by atoms with Crippen LogP contribution in [-0.2, 0) is 15.6 Å². The van der Waals surface area contributed by atoms with E-state index in [-0.39, 0.29) is 11.9 Å². The normalized spacial score (nSPS) is 23.5. The molecule has 1 heterocycles. The molecule has 1 aliphatic heterocycles. The maximum Gasteiger partial charge on any atom is 0.237 e. The molecule has 106 valence electrons. The molecule has 6 heteroatoms. The quantitative estimate of drug-likeness (QED) is 0.697. The van der Waals surface area contributed by atoms with E-state index in [1.165, 1.54) is 0 Å². The van der Waals surface area contributed by atoms with Gasteiger partial charge in [0.25, 0.3) is 0 Å². The molecule has 2 unspecified atom stereocenters. The molecule has 0 bridgehead atoms. The lowest BCUT2D eigenvalue weighted by atomic mass is 9.92. The number of nitrogens with two attached hydrogens (primary N) is 1. The van der Waals surface area contributed by atoms with Crippen molar-refractivity contribution in [2.45, 2.75) is 38.8 Å². The van der Waals surface area contributed by atoms with Gasteiger partial charge in [-0.15, -0.1) is 0 Å². The number of rotatable bonds is 6. The van der Waals surface area contributed by atoms with Gasteiger partial charge in [-0.25, -0.2) is 0 Å². The third-order valence-corrected chi connectivity index (χ3v) is 4.93. The molecule has 0 aliphatic carbocycles. The third kappa shape index (κ3) is 4.03. The smallest absolute Gasteiger partial charge is 0.237 e. The SMILES string of the molecule is CCNC(C)(CC(C)N1CCS(=O)CC1)C(N)=O. The monoisotopic (exact) mass is 275 g/mol. The number of amides is 1. The maximum absolute atomic E-state index is 11.6. The summed E-state index contributed by atoms with van der Waals surface area (Å²) >= 11 is 0. The first-order valence-electron chi connectivity index (χ1n) is 6.53. The first-order chi connectivity index (χ1) is 8.39. The Kier molecular flexibility index (Phi) is 5.75. The molecule has 1 rings (SSSR count). The van der Waals surface area contributed by atoms with Gasteiger partial charge in [0.1, 0.15) is 0 Å². The zero-order valence-corrected chi connectivity index (χ0v) is 12.4. The highest BCUT2D eigenvalue weighted by Crippen LogP contribution is 2.17. The molecule has 0 saturated carbocycles. The molecule has 0 aromatic carbocycles. The van der Waals surface area contributed by atoms with Crippen LogP contribution in [0.1, 0.15) is 27.2 Å². The highest BCUT2D eigenvalue weighted by molar-refractivity contribution is 7.85. The third-order valence-electron chi connectivity index (χ3n) is 3.65. The highest BCUT2D eigenvalue weighted by atomic mass is 32.2. The first kappa shape index (κ1) is 15.6. The molecule has 1 aliphatic rings. The van der Waals surface area contributed by atoms with Crippen LogP contribution in [0.2, 0.25) is 0 Å². The number of primary amides is 1. The Morgan fingerprint density at radius 1 is 1.50 bits per heavy atom. The van der Waals surface area contributed by atoms with Crippen LogP contribution in [0.15, 0.2) is 0 Å². The van der Waals surface area contributed by atoms with Gasteiger partial charge in [-0.05, 0) is 26.8 Å². The molecule has 0 radical (unpaired) electrons. The fraction of sp³-hybridized carbons (Fsp3) is 0.917. The largest absolute Gasteiger partial charge is 0.368 e. The van der Waals surface area contributed by atoms with E-state index in [1.54, 1.807) is 0 Å². The van der Waals surface area contributed by atoms with Gasteiger partial charge in [0.15, 0.2) is 0 Å². The van der Waals surface area contributed by atoms with E-state index in [4.69, 9.17) is 5.73 Å². The summed E-state index contributed by atoms with van der Waals surface area (Å²) in [6.07, 6.45) is 0.683. The van der Waals surface area contributed by atoms with Crippen molar-refractivity contribution in [1.82, 2.24) is 10.2 Å². The van der Waals surface area contributed by atoms with Gasteiger partial charge in [0, 0.05) is 41.4 Å². The number of nitrogens with zero attached hydrogens (tertiary/aromatic N) is 1. The second-order valence-electron chi connectivity index (χ2n) is 5.16. The second kappa shape index (κ2) is 6.63. The molecule has 18 heavy (non-hydrogen) atoms. The summed E-state index contributed by atoms with van der Waals surface area (Å²) in [7, 11) is -0.662. The molecule has 0 spiro atoms. The van der Waals surface area contributed by atoms with Crippen LogP contribution in [-0.4, -0.2) is 57.7 Å². The number of carbonyl (C=O) groups excluding carboxylic acids is 1. The molecule has 0 aromatic rings. The lowest BCUT2D eigenvalue weighted by Gasteiger charge is -2.37. The first-order valence-corrected chi connectivity index (χ1v) is 8.02. The minimum absolute atomic E-state index is 0.263. The Hall–Kier alpha value is -0.460. The molecule has 1 amide bonds. The molecular formula is C12H25N3O2S. The van der Waals surface area contributed by atoms with Crippen molar-refractivity contribution >= 4 is 16.7 Å². The zero-order valence-electron chi connectivity index (χ0n) is 11.6. The fourth-order valence-corrected chi connectivity index (χ4v) is 3.54. The van der Waals surface area contributed by atoms with Crippen LogP contribution in [0, 0.1) is 0 Å². The number of likely N-dealkylation sites (N-methyl/N-ethyl adjacent to an activating group) is 1.